The highest BCUT2D eigenvalue weighted by Crippen LogP contribution is 2.27. The van der Waals surface area contributed by atoms with Crippen LogP contribution in [0.25, 0.3) is 0 Å². The van der Waals surface area contributed by atoms with Crippen molar-refractivity contribution in [2.45, 2.75) is 54.8 Å². The Morgan fingerprint density at radius 1 is 1.19 bits per heavy atom. The Kier molecular flexibility index (Phi) is 7.37. The van der Waals surface area contributed by atoms with Crippen molar-refractivity contribution < 1.29 is 17.9 Å². The van der Waals surface area contributed by atoms with E-state index in [1.165, 1.54) is 24.2 Å². The van der Waals surface area contributed by atoms with Gasteiger partial charge in [0.15, 0.2) is 15.0 Å². The molecule has 1 amide bonds. The molecule has 2 fully saturated rings. The van der Waals surface area contributed by atoms with E-state index in [0.717, 1.165) is 57.6 Å². The Bertz CT molecular complexity index is 1040. The van der Waals surface area contributed by atoms with E-state index >= 15 is 0 Å². The first-order chi connectivity index (χ1) is 15.4. The number of nitrogens with zero attached hydrogens (tertiary/aromatic N) is 4. The summed E-state index contributed by atoms with van der Waals surface area (Å²) in [5.74, 6) is 0.643. The van der Waals surface area contributed by atoms with E-state index in [2.05, 4.69) is 25.0 Å². The van der Waals surface area contributed by atoms with Gasteiger partial charge in [-0.15, -0.1) is 10.2 Å². The molecule has 2 aromatic rings. The van der Waals surface area contributed by atoms with Crippen molar-refractivity contribution in [2.24, 2.45) is 0 Å². The first-order valence-corrected chi connectivity index (χ1v) is 13.8. The number of sulfone groups is 1. The largest absolute Gasteiger partial charge is 0.376 e. The topological polar surface area (TPSA) is 106 Å². The van der Waals surface area contributed by atoms with E-state index in [4.69, 9.17) is 4.74 Å². The van der Waals surface area contributed by atoms with Gasteiger partial charge in [0.25, 0.3) is 0 Å². The van der Waals surface area contributed by atoms with Crippen LogP contribution in [0.3, 0.4) is 0 Å². The van der Waals surface area contributed by atoms with Crippen LogP contribution in [0.4, 0.5) is 11.6 Å². The van der Waals surface area contributed by atoms with Crippen LogP contribution >= 0.6 is 11.8 Å². The zero-order chi connectivity index (χ0) is 22.6. The molecule has 9 nitrogen and oxygen atoms in total. The number of para-hydroxylation sites is 1. The van der Waals surface area contributed by atoms with Crippen LogP contribution < -0.4 is 10.2 Å². The summed E-state index contributed by atoms with van der Waals surface area (Å²) in [6.07, 6.45) is 6.81. The fourth-order valence-electron chi connectivity index (χ4n) is 4.08. The van der Waals surface area contributed by atoms with Gasteiger partial charge in [0.1, 0.15) is 0 Å². The van der Waals surface area contributed by atoms with E-state index in [9.17, 15) is 13.2 Å². The molecule has 4 rings (SSSR count). The van der Waals surface area contributed by atoms with Gasteiger partial charge in [-0.2, -0.15) is 0 Å². The number of rotatable bonds is 8. The summed E-state index contributed by atoms with van der Waals surface area (Å²) in [6.45, 7) is 3.35. The molecule has 2 saturated heterocycles. The molecule has 2 aliphatic rings. The molecule has 2 aliphatic heterocycles. The fourth-order valence-corrected chi connectivity index (χ4v) is 5.66. The van der Waals surface area contributed by atoms with Crippen LogP contribution in [-0.2, 0) is 25.9 Å². The molecule has 0 spiro atoms. The number of amides is 1. The molecule has 1 N–H and O–H groups in total. The van der Waals surface area contributed by atoms with Gasteiger partial charge >= 0.3 is 0 Å². The van der Waals surface area contributed by atoms with Crippen molar-refractivity contribution >= 4 is 39.1 Å². The number of nitrogens with one attached hydrogen (secondary N) is 1. The number of anilines is 2. The summed E-state index contributed by atoms with van der Waals surface area (Å²) in [4.78, 5) is 15.0. The van der Waals surface area contributed by atoms with Gasteiger partial charge in [-0.3, -0.25) is 9.36 Å². The number of piperidine rings is 1. The zero-order valence-corrected chi connectivity index (χ0v) is 19.8. The van der Waals surface area contributed by atoms with Crippen molar-refractivity contribution in [1.29, 1.82) is 0 Å². The molecule has 0 saturated carbocycles. The van der Waals surface area contributed by atoms with Crippen molar-refractivity contribution in [3.05, 3.63) is 24.3 Å². The highest BCUT2D eigenvalue weighted by atomic mass is 32.2. The maximum Gasteiger partial charge on any atom is 0.234 e. The number of carbonyl (C=O) groups excluding carboxylic acids is 1. The molecule has 3 heterocycles. The van der Waals surface area contributed by atoms with Crippen molar-refractivity contribution in [2.75, 3.05) is 41.9 Å². The summed E-state index contributed by atoms with van der Waals surface area (Å²) in [7, 11) is -3.44. The normalized spacial score (nSPS) is 19.3. The number of ether oxygens (including phenoxy) is 1. The van der Waals surface area contributed by atoms with Crippen LogP contribution in [0.15, 0.2) is 34.3 Å². The quantitative estimate of drug-likeness (QED) is 0.576. The molecule has 0 aliphatic carbocycles. The predicted octanol–water partition coefficient (Wildman–Crippen LogP) is 2.58. The summed E-state index contributed by atoms with van der Waals surface area (Å²) in [6, 6.07) is 6.41. The van der Waals surface area contributed by atoms with Gasteiger partial charge in [-0.1, -0.05) is 23.9 Å². The molecule has 1 aromatic carbocycles. The minimum absolute atomic E-state index is 0.0990. The van der Waals surface area contributed by atoms with Gasteiger partial charge in [0.05, 0.1) is 29.0 Å². The minimum Gasteiger partial charge on any atom is -0.376 e. The molecule has 1 aromatic heterocycles. The van der Waals surface area contributed by atoms with E-state index in [1.807, 2.05) is 0 Å². The van der Waals surface area contributed by atoms with E-state index in [-0.39, 0.29) is 28.3 Å². The second-order valence-electron chi connectivity index (χ2n) is 8.18. The fraction of sp³-hybridized carbons (Fsp3) is 0.571. The van der Waals surface area contributed by atoms with Crippen molar-refractivity contribution in [3.8, 4) is 0 Å². The number of thioether (sulfide) groups is 1. The Labute approximate surface area is 192 Å². The zero-order valence-electron chi connectivity index (χ0n) is 18.2. The van der Waals surface area contributed by atoms with Crippen LogP contribution in [0, 0.1) is 0 Å². The highest BCUT2D eigenvalue weighted by Gasteiger charge is 2.25. The maximum absolute atomic E-state index is 12.6. The summed E-state index contributed by atoms with van der Waals surface area (Å²) < 4.78 is 31.9. The standard InChI is InChI=1S/C21H29N5O4S2/c1-32(28,29)18-10-4-3-9-17(18)22-19(27)15-31-21-24-23-20(25-11-5-2-6-12-25)26(21)14-16-8-7-13-30-16/h3-4,9-10,16H,2,5-8,11-15H2,1H3,(H,22,27). The third kappa shape index (κ3) is 5.62. The lowest BCUT2D eigenvalue weighted by Gasteiger charge is -2.28. The van der Waals surface area contributed by atoms with E-state index in [0.29, 0.717) is 11.7 Å². The van der Waals surface area contributed by atoms with Gasteiger partial charge in [0.2, 0.25) is 11.9 Å². The van der Waals surface area contributed by atoms with Gasteiger partial charge in [0, 0.05) is 26.0 Å². The summed E-state index contributed by atoms with van der Waals surface area (Å²) in [5, 5.41) is 12.2. The average Bonchev–Trinajstić information content (AvgIpc) is 3.43. The van der Waals surface area contributed by atoms with Gasteiger partial charge in [-0.05, 0) is 44.2 Å². The van der Waals surface area contributed by atoms with Crippen molar-refractivity contribution in [3.63, 3.8) is 0 Å². The van der Waals surface area contributed by atoms with Crippen LogP contribution in [-0.4, -0.2) is 66.9 Å². The molecule has 11 heteroatoms. The Hall–Kier alpha value is -2.11. The summed E-state index contributed by atoms with van der Waals surface area (Å²) >= 11 is 1.30. The first-order valence-electron chi connectivity index (χ1n) is 10.9. The van der Waals surface area contributed by atoms with Crippen LogP contribution in [0.5, 0.6) is 0 Å². The molecular weight excluding hydrogens is 450 g/mol. The van der Waals surface area contributed by atoms with E-state index < -0.39 is 9.84 Å². The second kappa shape index (κ2) is 10.2. The lowest BCUT2D eigenvalue weighted by molar-refractivity contribution is -0.113. The van der Waals surface area contributed by atoms with Crippen LogP contribution in [0.1, 0.15) is 32.1 Å². The number of aromatic nitrogens is 3. The number of benzene rings is 1. The minimum atomic E-state index is -3.44. The monoisotopic (exact) mass is 479 g/mol. The SMILES string of the molecule is CS(=O)(=O)c1ccccc1NC(=O)CSc1nnc(N2CCCCC2)n1CC1CCCO1. The highest BCUT2D eigenvalue weighted by molar-refractivity contribution is 7.99. The molecule has 1 unspecified atom stereocenters. The number of hydrogen-bond donors (Lipinski definition) is 1. The van der Waals surface area contributed by atoms with E-state index in [1.54, 1.807) is 18.2 Å². The van der Waals surface area contributed by atoms with Crippen LogP contribution in [0.2, 0.25) is 0 Å². The lowest BCUT2D eigenvalue weighted by atomic mass is 10.1. The maximum atomic E-state index is 12.6. The van der Waals surface area contributed by atoms with Gasteiger partial charge in [-0.25, -0.2) is 8.42 Å². The second-order valence-corrected chi connectivity index (χ2v) is 11.1. The average molecular weight is 480 g/mol. The molecule has 0 radical (unpaired) electrons. The predicted molar refractivity (Wildman–Crippen MR) is 124 cm³/mol. The van der Waals surface area contributed by atoms with Crippen molar-refractivity contribution in [1.82, 2.24) is 14.8 Å². The molecular formula is C21H29N5O4S2. The smallest absolute Gasteiger partial charge is 0.234 e. The Morgan fingerprint density at radius 2 is 1.97 bits per heavy atom. The lowest BCUT2D eigenvalue weighted by Crippen LogP contribution is -2.33. The molecule has 32 heavy (non-hydrogen) atoms. The Morgan fingerprint density at radius 3 is 2.69 bits per heavy atom. The molecule has 1 atom stereocenters. The molecule has 0 bridgehead atoms. The third-order valence-electron chi connectivity index (χ3n) is 5.64. The first kappa shape index (κ1) is 23.1. The third-order valence-corrected chi connectivity index (χ3v) is 7.76. The van der Waals surface area contributed by atoms with Gasteiger partial charge < -0.3 is 15.0 Å². The number of carbonyl (C=O) groups is 1. The number of hydrogen-bond acceptors (Lipinski definition) is 8. The Balaban J connectivity index is 1.46. The summed E-state index contributed by atoms with van der Waals surface area (Å²) in [5.41, 5.74) is 0.287. The molecule has 174 valence electrons.